The molecule has 0 saturated heterocycles. The third-order valence-electron chi connectivity index (χ3n) is 1.67. The van der Waals surface area contributed by atoms with Crippen molar-refractivity contribution in [2.75, 3.05) is 6.61 Å². The van der Waals surface area contributed by atoms with Crippen LogP contribution in [0.1, 0.15) is 27.7 Å². The third kappa shape index (κ3) is 6.23. The van der Waals surface area contributed by atoms with Gasteiger partial charge in [-0.3, -0.25) is 4.84 Å². The van der Waals surface area contributed by atoms with Gasteiger partial charge in [-0.2, -0.15) is 5.48 Å². The number of carboxylic acids is 1. The van der Waals surface area contributed by atoms with Gasteiger partial charge in [0.15, 0.2) is 6.10 Å². The van der Waals surface area contributed by atoms with Crippen LogP contribution >= 0.6 is 0 Å². The minimum atomic E-state index is -1.13. The molecule has 0 aliphatic heterocycles. The Labute approximate surface area is 94.9 Å². The molecular weight excluding hydrogens is 214 g/mol. The zero-order valence-electron chi connectivity index (χ0n) is 10.0. The monoisotopic (exact) mass is 233 g/mol. The lowest BCUT2D eigenvalue weighted by Crippen LogP contribution is -2.38. The smallest absolute Gasteiger partial charge is 0.431 e. The maximum absolute atomic E-state index is 11.0. The van der Waals surface area contributed by atoms with Crippen LogP contribution in [0.15, 0.2) is 0 Å². The Morgan fingerprint density at radius 3 is 2.19 bits per heavy atom. The molecule has 0 aromatic rings. The van der Waals surface area contributed by atoms with Crippen LogP contribution in [0, 0.1) is 11.8 Å². The molecule has 0 unspecified atom stereocenters. The number of aliphatic carboxylic acids is 1. The fraction of sp³-hybridized carbons (Fsp3) is 0.800. The van der Waals surface area contributed by atoms with Gasteiger partial charge in [0.2, 0.25) is 0 Å². The molecule has 0 aliphatic carbocycles. The number of rotatable bonds is 6. The van der Waals surface area contributed by atoms with Gasteiger partial charge in [-0.25, -0.2) is 9.59 Å². The summed E-state index contributed by atoms with van der Waals surface area (Å²) in [6.45, 7) is 7.40. The summed E-state index contributed by atoms with van der Waals surface area (Å²) in [6, 6.07) is 0. The van der Waals surface area contributed by atoms with Crippen molar-refractivity contribution < 1.29 is 24.3 Å². The van der Waals surface area contributed by atoms with Crippen molar-refractivity contribution in [2.45, 2.75) is 33.8 Å². The number of hydroxylamine groups is 1. The van der Waals surface area contributed by atoms with E-state index in [-0.39, 0.29) is 18.4 Å². The van der Waals surface area contributed by atoms with Gasteiger partial charge in [0.05, 0.1) is 6.61 Å². The first-order valence-corrected chi connectivity index (χ1v) is 5.15. The number of hydrogen-bond acceptors (Lipinski definition) is 4. The topological polar surface area (TPSA) is 84.9 Å². The molecule has 1 atom stereocenters. The Hall–Kier alpha value is -1.30. The third-order valence-corrected chi connectivity index (χ3v) is 1.67. The molecule has 0 aromatic heterocycles. The molecule has 0 radical (unpaired) electrons. The standard InChI is InChI=1S/C10H19NO5/c1-6(2)5-15-10(14)11-16-8(7(3)4)9(12)13/h6-8H,5H2,1-4H3,(H,11,14)(H,12,13)/t8-/m1/s1. The molecule has 94 valence electrons. The summed E-state index contributed by atoms with van der Waals surface area (Å²) in [5.41, 5.74) is 1.96. The summed E-state index contributed by atoms with van der Waals surface area (Å²) in [5, 5.41) is 8.76. The molecule has 0 rings (SSSR count). The van der Waals surface area contributed by atoms with Gasteiger partial charge < -0.3 is 9.84 Å². The fourth-order valence-corrected chi connectivity index (χ4v) is 0.855. The van der Waals surface area contributed by atoms with Crippen molar-refractivity contribution in [1.29, 1.82) is 0 Å². The summed E-state index contributed by atoms with van der Waals surface area (Å²) in [7, 11) is 0. The van der Waals surface area contributed by atoms with E-state index in [1.165, 1.54) is 0 Å². The van der Waals surface area contributed by atoms with Gasteiger partial charge in [0.1, 0.15) is 0 Å². The molecule has 0 heterocycles. The molecule has 16 heavy (non-hydrogen) atoms. The summed E-state index contributed by atoms with van der Waals surface area (Å²) in [6.07, 6.45) is -1.85. The van der Waals surface area contributed by atoms with Crippen LogP contribution in [-0.4, -0.2) is 29.9 Å². The molecule has 0 bridgehead atoms. The molecule has 6 nitrogen and oxygen atoms in total. The number of carbonyl (C=O) groups excluding carboxylic acids is 1. The average molecular weight is 233 g/mol. The molecule has 0 fully saturated rings. The zero-order valence-corrected chi connectivity index (χ0v) is 10.0. The minimum absolute atomic E-state index is 0.214. The van der Waals surface area contributed by atoms with Crippen LogP contribution < -0.4 is 5.48 Å². The highest BCUT2D eigenvalue weighted by Gasteiger charge is 2.23. The number of ether oxygens (including phenoxy) is 1. The molecule has 2 N–H and O–H groups in total. The number of amides is 1. The molecule has 0 spiro atoms. The predicted molar refractivity (Wildman–Crippen MR) is 56.7 cm³/mol. The average Bonchev–Trinajstić information content (AvgIpc) is 2.13. The SMILES string of the molecule is CC(C)COC(=O)NO[C@@H](C(=O)O)C(C)C. The Morgan fingerprint density at radius 2 is 1.81 bits per heavy atom. The van der Waals surface area contributed by atoms with E-state index in [0.717, 1.165) is 0 Å². The zero-order chi connectivity index (χ0) is 12.7. The Morgan fingerprint density at radius 1 is 1.25 bits per heavy atom. The van der Waals surface area contributed by atoms with Crippen molar-refractivity contribution in [1.82, 2.24) is 5.48 Å². The molecule has 0 saturated carbocycles. The molecule has 0 aliphatic rings. The van der Waals surface area contributed by atoms with Crippen LogP contribution in [0.2, 0.25) is 0 Å². The Bertz CT molecular complexity index is 239. The van der Waals surface area contributed by atoms with E-state index < -0.39 is 18.2 Å². The second-order valence-corrected chi connectivity index (χ2v) is 4.22. The Balaban J connectivity index is 3.93. The van der Waals surface area contributed by atoms with Crippen molar-refractivity contribution in [2.24, 2.45) is 11.8 Å². The van der Waals surface area contributed by atoms with E-state index in [2.05, 4.69) is 0 Å². The van der Waals surface area contributed by atoms with Gasteiger partial charge in [-0.1, -0.05) is 27.7 Å². The van der Waals surface area contributed by atoms with E-state index in [9.17, 15) is 9.59 Å². The lowest BCUT2D eigenvalue weighted by atomic mass is 10.1. The number of carbonyl (C=O) groups is 2. The Kier molecular flexibility index (Phi) is 6.48. The van der Waals surface area contributed by atoms with Crippen LogP contribution in [0.4, 0.5) is 4.79 Å². The molecule has 6 heteroatoms. The second-order valence-electron chi connectivity index (χ2n) is 4.22. The first-order chi connectivity index (χ1) is 7.34. The maximum Gasteiger partial charge on any atom is 0.431 e. The van der Waals surface area contributed by atoms with Gasteiger partial charge in [0, 0.05) is 0 Å². The summed E-state index contributed by atoms with van der Waals surface area (Å²) in [5.74, 6) is -1.16. The maximum atomic E-state index is 11.0. The highest BCUT2D eigenvalue weighted by Crippen LogP contribution is 2.05. The van der Waals surface area contributed by atoms with Crippen LogP contribution in [0.5, 0.6) is 0 Å². The quantitative estimate of drug-likeness (QED) is 0.677. The first kappa shape index (κ1) is 14.7. The van der Waals surface area contributed by atoms with Crippen molar-refractivity contribution in [3.05, 3.63) is 0 Å². The van der Waals surface area contributed by atoms with Crippen molar-refractivity contribution in [3.63, 3.8) is 0 Å². The number of hydrogen-bond donors (Lipinski definition) is 2. The second kappa shape index (κ2) is 7.05. The van der Waals surface area contributed by atoms with E-state index >= 15 is 0 Å². The fourth-order valence-electron chi connectivity index (χ4n) is 0.855. The predicted octanol–water partition coefficient (Wildman–Crippen LogP) is 1.41. The number of carboxylic acid groups (broad SMARTS) is 1. The lowest BCUT2D eigenvalue weighted by Gasteiger charge is -2.16. The van der Waals surface area contributed by atoms with Crippen LogP contribution in [0.3, 0.4) is 0 Å². The first-order valence-electron chi connectivity index (χ1n) is 5.15. The minimum Gasteiger partial charge on any atom is -0.479 e. The normalized spacial score (nSPS) is 12.6. The van der Waals surface area contributed by atoms with E-state index in [1.54, 1.807) is 13.8 Å². The van der Waals surface area contributed by atoms with E-state index in [4.69, 9.17) is 14.7 Å². The highest BCUT2D eigenvalue weighted by molar-refractivity contribution is 5.73. The number of nitrogens with one attached hydrogen (secondary N) is 1. The van der Waals surface area contributed by atoms with E-state index in [0.29, 0.717) is 0 Å². The van der Waals surface area contributed by atoms with Crippen LogP contribution in [0.25, 0.3) is 0 Å². The van der Waals surface area contributed by atoms with Crippen LogP contribution in [-0.2, 0) is 14.4 Å². The summed E-state index contributed by atoms with van der Waals surface area (Å²) in [4.78, 5) is 26.5. The summed E-state index contributed by atoms with van der Waals surface area (Å²) < 4.78 is 4.75. The molecule has 1 amide bonds. The van der Waals surface area contributed by atoms with E-state index in [1.807, 2.05) is 19.3 Å². The highest BCUT2D eigenvalue weighted by atomic mass is 16.7. The van der Waals surface area contributed by atoms with Gasteiger partial charge in [-0.15, -0.1) is 0 Å². The molecular formula is C10H19NO5. The summed E-state index contributed by atoms with van der Waals surface area (Å²) >= 11 is 0. The molecule has 0 aromatic carbocycles. The lowest BCUT2D eigenvalue weighted by molar-refractivity contribution is -0.158. The van der Waals surface area contributed by atoms with Gasteiger partial charge in [0.25, 0.3) is 0 Å². The largest absolute Gasteiger partial charge is 0.479 e. The van der Waals surface area contributed by atoms with Crippen molar-refractivity contribution in [3.8, 4) is 0 Å². The van der Waals surface area contributed by atoms with Gasteiger partial charge >= 0.3 is 12.1 Å². The van der Waals surface area contributed by atoms with Crippen molar-refractivity contribution >= 4 is 12.1 Å². The van der Waals surface area contributed by atoms with Gasteiger partial charge in [-0.05, 0) is 11.8 Å².